The van der Waals surface area contributed by atoms with Crippen molar-refractivity contribution >= 4 is 68.7 Å². The van der Waals surface area contributed by atoms with Crippen LogP contribution >= 0.6 is 51.2 Å². The van der Waals surface area contributed by atoms with Gasteiger partial charge >= 0.3 is 0 Å². The fraction of sp³-hybridized carbons (Fsp3) is 0.190. The average molecular weight is 535 g/mol. The number of hydrogen-bond acceptors (Lipinski definition) is 7. The number of carbonyl (C=O) groups is 2. The van der Waals surface area contributed by atoms with Crippen LogP contribution in [0.2, 0.25) is 0 Å². The molecule has 3 unspecified atom stereocenters. The Kier molecular flexibility index (Phi) is 5.20. The van der Waals surface area contributed by atoms with E-state index in [1.165, 1.54) is 35.1 Å². The van der Waals surface area contributed by atoms with Gasteiger partial charge in [0.15, 0.2) is 15.5 Å². The number of imide groups is 1. The normalized spacial score (nSPS) is 22.4. The van der Waals surface area contributed by atoms with Crippen LogP contribution in [0, 0.1) is 9.87 Å². The summed E-state index contributed by atoms with van der Waals surface area (Å²) in [4.78, 5) is 32.4. The Balaban J connectivity index is 1.66. The third kappa shape index (κ3) is 3.32. The van der Waals surface area contributed by atoms with Gasteiger partial charge in [0.1, 0.15) is 5.25 Å². The van der Waals surface area contributed by atoms with E-state index in [1.54, 1.807) is 42.5 Å². The fourth-order valence-corrected chi connectivity index (χ4v) is 7.33. The number of phenolic OH excluding ortho intramolecular Hbond substituents is 1. The molecule has 0 saturated carbocycles. The highest BCUT2D eigenvalue weighted by molar-refractivity contribution is 9.10. The monoisotopic (exact) mass is 534 g/mol. The molecule has 0 aliphatic carbocycles. The lowest BCUT2D eigenvalue weighted by Gasteiger charge is -2.30. The molecule has 3 aromatic rings. The number of hydrogen-bond donors (Lipinski definition) is 2. The van der Waals surface area contributed by atoms with Gasteiger partial charge in [0, 0.05) is 15.3 Å². The number of aromatic amines is 1. The number of methoxy groups -OCH3 is 1. The highest BCUT2D eigenvalue weighted by Crippen LogP contribution is 2.54. The first-order chi connectivity index (χ1) is 14.9. The summed E-state index contributed by atoms with van der Waals surface area (Å²) in [6, 6.07) is 12.2. The number of H-pyrrole nitrogens is 1. The lowest BCUT2D eigenvalue weighted by Crippen LogP contribution is -2.32. The van der Waals surface area contributed by atoms with E-state index in [2.05, 4.69) is 20.9 Å². The molecule has 3 atom stereocenters. The second-order valence-corrected chi connectivity index (χ2v) is 11.0. The third-order valence-corrected chi connectivity index (χ3v) is 8.75. The first kappa shape index (κ1) is 20.7. The van der Waals surface area contributed by atoms with Crippen molar-refractivity contribution in [2.45, 2.75) is 16.2 Å². The maximum atomic E-state index is 13.6. The largest absolute Gasteiger partial charge is 0.504 e. The number of thioether (sulfide) groups is 1. The summed E-state index contributed by atoms with van der Waals surface area (Å²) in [5.74, 6) is -1.13. The molecular weight excluding hydrogens is 520 g/mol. The minimum Gasteiger partial charge on any atom is -0.504 e. The van der Waals surface area contributed by atoms with Crippen molar-refractivity contribution in [2.24, 2.45) is 5.92 Å². The summed E-state index contributed by atoms with van der Waals surface area (Å²) in [7, 11) is 1.48. The second kappa shape index (κ2) is 7.77. The molecule has 2 aromatic carbocycles. The minimum atomic E-state index is -0.593. The number of amides is 2. The van der Waals surface area contributed by atoms with Crippen LogP contribution in [0.3, 0.4) is 0 Å². The highest BCUT2D eigenvalue weighted by atomic mass is 79.9. The number of aromatic nitrogens is 1. The molecule has 2 amide bonds. The van der Waals surface area contributed by atoms with Gasteiger partial charge in [-0.1, -0.05) is 33.8 Å². The molecule has 0 radical (unpaired) electrons. The Hall–Kier alpha value is -2.14. The molecule has 1 saturated heterocycles. The maximum Gasteiger partial charge on any atom is 0.248 e. The van der Waals surface area contributed by atoms with Crippen molar-refractivity contribution in [2.75, 3.05) is 12.0 Å². The van der Waals surface area contributed by atoms with E-state index in [9.17, 15) is 14.7 Å². The Morgan fingerprint density at radius 2 is 1.90 bits per heavy atom. The summed E-state index contributed by atoms with van der Waals surface area (Å²) >= 11 is 11.5. The predicted molar refractivity (Wildman–Crippen MR) is 126 cm³/mol. The summed E-state index contributed by atoms with van der Waals surface area (Å²) < 4.78 is 6.75. The smallest absolute Gasteiger partial charge is 0.248 e. The van der Waals surface area contributed by atoms with Crippen molar-refractivity contribution in [3.63, 3.8) is 0 Å². The number of halogens is 1. The van der Waals surface area contributed by atoms with Crippen molar-refractivity contribution in [3.05, 3.63) is 61.3 Å². The molecular formula is C21H15BrN2O4S3. The number of phenols is 1. The number of aromatic hydroxyl groups is 1. The number of benzene rings is 2. The number of fused-ring (bicyclic) bond motifs is 2. The molecule has 31 heavy (non-hydrogen) atoms. The molecule has 0 spiro atoms. The van der Waals surface area contributed by atoms with E-state index in [-0.39, 0.29) is 23.5 Å². The van der Waals surface area contributed by atoms with Crippen LogP contribution in [-0.2, 0) is 9.59 Å². The summed E-state index contributed by atoms with van der Waals surface area (Å²) in [6.07, 6.45) is 0. The molecule has 158 valence electrons. The van der Waals surface area contributed by atoms with Crippen molar-refractivity contribution in [1.29, 1.82) is 0 Å². The molecule has 2 aliphatic rings. The number of anilines is 1. The summed E-state index contributed by atoms with van der Waals surface area (Å²) in [6.45, 7) is 0. The van der Waals surface area contributed by atoms with E-state index in [1.807, 2.05) is 0 Å². The highest BCUT2D eigenvalue weighted by Gasteiger charge is 2.56. The van der Waals surface area contributed by atoms with Crippen LogP contribution in [-0.4, -0.2) is 34.3 Å². The van der Waals surface area contributed by atoms with Gasteiger partial charge in [-0.05, 0) is 54.2 Å². The van der Waals surface area contributed by atoms with Crippen LogP contribution in [0.25, 0.3) is 0 Å². The number of thiazole rings is 1. The fourth-order valence-electron chi connectivity index (χ4n) is 4.11. The van der Waals surface area contributed by atoms with E-state index < -0.39 is 11.2 Å². The first-order valence-electron chi connectivity index (χ1n) is 9.29. The van der Waals surface area contributed by atoms with E-state index in [0.29, 0.717) is 15.4 Å². The lowest BCUT2D eigenvalue weighted by molar-refractivity contribution is -0.122. The molecule has 6 nitrogen and oxygen atoms in total. The molecule has 1 aromatic heterocycles. The number of nitrogens with one attached hydrogen (secondary N) is 1. The quantitative estimate of drug-likeness (QED) is 0.360. The van der Waals surface area contributed by atoms with Gasteiger partial charge in [-0.25, -0.2) is 4.90 Å². The number of carbonyl (C=O) groups excluding carboxylic acids is 2. The maximum absolute atomic E-state index is 13.6. The van der Waals surface area contributed by atoms with Crippen molar-refractivity contribution in [1.82, 2.24) is 4.98 Å². The lowest BCUT2D eigenvalue weighted by atomic mass is 9.83. The second-order valence-electron chi connectivity index (χ2n) is 7.17. The Morgan fingerprint density at radius 1 is 1.16 bits per heavy atom. The topological polar surface area (TPSA) is 82.6 Å². The van der Waals surface area contributed by atoms with Crippen LogP contribution in [0.1, 0.15) is 16.4 Å². The number of nitrogens with zero attached hydrogens (tertiary/aromatic N) is 1. The molecule has 0 bridgehead atoms. The third-order valence-electron chi connectivity index (χ3n) is 5.47. The molecule has 2 N–H and O–H groups in total. The van der Waals surface area contributed by atoms with Crippen molar-refractivity contribution in [3.8, 4) is 11.5 Å². The van der Waals surface area contributed by atoms with Crippen LogP contribution in [0.15, 0.2) is 52.0 Å². The standard InChI is InChI=1S/C21H15BrN2O4S3/c1-28-13-8-9(2-7-12(13)25)14-15-17(30-18-16(14)31-21(29)23-18)20(27)24(19(15)26)11-5-3-10(22)4-6-11/h2-8,14-15,17,25H,1H3,(H,23,29). The Bertz CT molecular complexity index is 1270. The van der Waals surface area contributed by atoms with Crippen LogP contribution in [0.5, 0.6) is 11.5 Å². The van der Waals surface area contributed by atoms with Crippen LogP contribution in [0.4, 0.5) is 5.69 Å². The van der Waals surface area contributed by atoms with Gasteiger partial charge in [0.05, 0.1) is 23.7 Å². The van der Waals surface area contributed by atoms with Gasteiger partial charge in [-0.3, -0.25) is 9.59 Å². The van der Waals surface area contributed by atoms with Crippen LogP contribution < -0.4 is 9.64 Å². The zero-order valence-electron chi connectivity index (χ0n) is 16.0. The van der Waals surface area contributed by atoms with Gasteiger partial charge in [-0.2, -0.15) is 0 Å². The first-order valence-corrected chi connectivity index (χ1v) is 12.2. The van der Waals surface area contributed by atoms with Gasteiger partial charge < -0.3 is 14.8 Å². The molecule has 5 rings (SSSR count). The van der Waals surface area contributed by atoms with E-state index >= 15 is 0 Å². The Morgan fingerprint density at radius 3 is 2.61 bits per heavy atom. The predicted octanol–water partition coefficient (Wildman–Crippen LogP) is 5.08. The van der Waals surface area contributed by atoms with Gasteiger partial charge in [0.25, 0.3) is 0 Å². The average Bonchev–Trinajstić information content (AvgIpc) is 3.24. The Labute approximate surface area is 199 Å². The number of ether oxygens (including phenoxy) is 1. The van der Waals surface area contributed by atoms with Gasteiger partial charge in [-0.15, -0.1) is 11.3 Å². The van der Waals surface area contributed by atoms with E-state index in [0.717, 1.165) is 19.9 Å². The molecule has 10 heteroatoms. The van der Waals surface area contributed by atoms with Crippen molar-refractivity contribution < 1.29 is 19.4 Å². The zero-order chi connectivity index (χ0) is 21.9. The molecule has 1 fully saturated rings. The van der Waals surface area contributed by atoms with Gasteiger partial charge in [0.2, 0.25) is 11.8 Å². The zero-order valence-corrected chi connectivity index (χ0v) is 20.0. The summed E-state index contributed by atoms with van der Waals surface area (Å²) in [5, 5.41) is 10.3. The van der Waals surface area contributed by atoms with E-state index in [4.69, 9.17) is 17.0 Å². The summed E-state index contributed by atoms with van der Waals surface area (Å²) in [5.41, 5.74) is 1.33. The SMILES string of the molecule is COc1cc(C2c3sc(=S)[nH]c3SC3C(=O)N(c4ccc(Br)cc4)C(=O)C32)ccc1O. The minimum absolute atomic E-state index is 0.0141. The number of rotatable bonds is 3. The molecule has 3 heterocycles. The molecule has 2 aliphatic heterocycles.